The number of methoxy groups -OCH3 is 1. The highest BCUT2D eigenvalue weighted by Gasteiger charge is 2.24. The molecule has 3 aromatic rings. The predicted octanol–water partition coefficient (Wildman–Crippen LogP) is 4.28. The second-order valence-corrected chi connectivity index (χ2v) is 9.65. The number of rotatable bonds is 6. The fraction of sp³-hybridized carbons (Fsp3) is 0.238. The van der Waals surface area contributed by atoms with Crippen LogP contribution in [0.3, 0.4) is 0 Å². The van der Waals surface area contributed by atoms with E-state index >= 15 is 0 Å². The van der Waals surface area contributed by atoms with Crippen LogP contribution < -0.4 is 9.64 Å². The Labute approximate surface area is 174 Å². The van der Waals surface area contributed by atoms with Gasteiger partial charge in [0.15, 0.2) is 9.84 Å². The van der Waals surface area contributed by atoms with E-state index in [4.69, 9.17) is 4.74 Å². The van der Waals surface area contributed by atoms with Gasteiger partial charge >= 0.3 is 0 Å². The number of ether oxygens (including phenoxy) is 1. The number of nitrogens with zero attached hydrogens (tertiary/aromatic N) is 2. The monoisotopic (exact) mass is 430 g/mol. The topological polar surface area (TPSA) is 76.6 Å². The van der Waals surface area contributed by atoms with Crippen molar-refractivity contribution >= 4 is 32.8 Å². The molecule has 0 radical (unpaired) electrons. The quantitative estimate of drug-likeness (QED) is 0.583. The van der Waals surface area contributed by atoms with E-state index in [2.05, 4.69) is 4.98 Å². The van der Waals surface area contributed by atoms with Crippen LogP contribution in [0, 0.1) is 0 Å². The second kappa shape index (κ2) is 8.34. The zero-order valence-electron chi connectivity index (χ0n) is 16.6. The first kappa shape index (κ1) is 21.0. The number of thiazole rings is 1. The minimum Gasteiger partial charge on any atom is -0.496 e. The Bertz CT molecular complexity index is 1120. The number of amides is 1. The van der Waals surface area contributed by atoms with Crippen LogP contribution in [0.1, 0.15) is 24.3 Å². The van der Waals surface area contributed by atoms with Gasteiger partial charge in [0.05, 0.1) is 17.6 Å². The molecule has 0 fully saturated rings. The third kappa shape index (κ3) is 4.49. The fourth-order valence-corrected chi connectivity index (χ4v) is 4.40. The number of aromatic nitrogens is 1. The third-order valence-electron chi connectivity index (χ3n) is 4.34. The zero-order chi connectivity index (χ0) is 21.2. The van der Waals surface area contributed by atoms with Gasteiger partial charge in [0, 0.05) is 23.4 Å². The van der Waals surface area contributed by atoms with Crippen molar-refractivity contribution in [1.29, 1.82) is 0 Å². The number of hydrogen-bond donors (Lipinski definition) is 0. The van der Waals surface area contributed by atoms with Crippen LogP contribution in [0.15, 0.2) is 58.8 Å². The van der Waals surface area contributed by atoms with Crippen LogP contribution in [0.25, 0.3) is 10.6 Å². The average molecular weight is 431 g/mol. The van der Waals surface area contributed by atoms with E-state index in [1.54, 1.807) is 29.5 Å². The molecule has 6 nitrogen and oxygen atoms in total. The van der Waals surface area contributed by atoms with Gasteiger partial charge in [-0.25, -0.2) is 13.4 Å². The Balaban J connectivity index is 1.94. The smallest absolute Gasteiger partial charge is 0.277 e. The largest absolute Gasteiger partial charge is 0.496 e. The number of carbonyl (C=O) groups excluding carboxylic acids is 1. The molecule has 0 aliphatic heterocycles. The molecule has 0 atom stereocenters. The Kier molecular flexibility index (Phi) is 6.04. The van der Waals surface area contributed by atoms with Crippen LogP contribution in [0.4, 0.5) is 5.69 Å². The van der Waals surface area contributed by atoms with Gasteiger partial charge in [-0.1, -0.05) is 12.1 Å². The Morgan fingerprint density at radius 3 is 2.34 bits per heavy atom. The van der Waals surface area contributed by atoms with Crippen LogP contribution in [-0.4, -0.2) is 38.7 Å². The van der Waals surface area contributed by atoms with Crippen molar-refractivity contribution in [1.82, 2.24) is 4.98 Å². The number of carbonyl (C=O) groups is 1. The molecule has 8 heteroatoms. The summed E-state index contributed by atoms with van der Waals surface area (Å²) in [5.74, 6) is 0.447. The lowest BCUT2D eigenvalue weighted by Gasteiger charge is -2.26. The summed E-state index contributed by atoms with van der Waals surface area (Å²) in [4.78, 5) is 19.5. The summed E-state index contributed by atoms with van der Waals surface area (Å²) in [6.45, 7) is 3.80. The highest BCUT2D eigenvalue weighted by molar-refractivity contribution is 7.90. The molecule has 0 aliphatic rings. The van der Waals surface area contributed by atoms with Gasteiger partial charge < -0.3 is 9.64 Å². The van der Waals surface area contributed by atoms with E-state index in [0.717, 1.165) is 11.8 Å². The first-order chi connectivity index (χ1) is 13.7. The van der Waals surface area contributed by atoms with E-state index in [1.807, 2.05) is 38.1 Å². The molecule has 2 aromatic carbocycles. The molecule has 0 unspecified atom stereocenters. The van der Waals surface area contributed by atoms with Crippen LogP contribution >= 0.6 is 11.3 Å². The minimum atomic E-state index is -3.30. The SMILES string of the molecule is COc1ccccc1-c1nc(C(=O)N(c2ccc(S(C)(=O)=O)cc2)C(C)C)cs1. The molecule has 0 spiro atoms. The van der Waals surface area contributed by atoms with Crippen LogP contribution in [0.2, 0.25) is 0 Å². The number of benzene rings is 2. The van der Waals surface area contributed by atoms with Gasteiger partial charge in [-0.2, -0.15) is 0 Å². The molecule has 0 N–H and O–H groups in total. The van der Waals surface area contributed by atoms with Crippen LogP contribution in [-0.2, 0) is 9.84 Å². The summed E-state index contributed by atoms with van der Waals surface area (Å²) in [5.41, 5.74) is 1.77. The van der Waals surface area contributed by atoms with Gasteiger partial charge in [-0.3, -0.25) is 4.79 Å². The van der Waals surface area contributed by atoms with Gasteiger partial charge in [-0.05, 0) is 50.2 Å². The Morgan fingerprint density at radius 1 is 1.10 bits per heavy atom. The lowest BCUT2D eigenvalue weighted by molar-refractivity contribution is 0.0976. The molecule has 1 aromatic heterocycles. The molecule has 1 heterocycles. The van der Waals surface area contributed by atoms with Crippen LogP contribution in [0.5, 0.6) is 5.75 Å². The maximum atomic E-state index is 13.2. The number of anilines is 1. The van der Waals surface area contributed by atoms with Crippen molar-refractivity contribution in [3.63, 3.8) is 0 Å². The van der Waals surface area contributed by atoms with Gasteiger partial charge in [0.25, 0.3) is 5.91 Å². The van der Waals surface area contributed by atoms with Crippen molar-refractivity contribution in [3.05, 3.63) is 59.6 Å². The van der Waals surface area contributed by atoms with E-state index in [1.165, 1.54) is 23.5 Å². The third-order valence-corrected chi connectivity index (χ3v) is 6.34. The van der Waals surface area contributed by atoms with Crippen molar-refractivity contribution in [2.75, 3.05) is 18.3 Å². The fourth-order valence-electron chi connectivity index (χ4n) is 2.94. The minimum absolute atomic E-state index is 0.136. The normalized spacial score (nSPS) is 11.5. The zero-order valence-corrected chi connectivity index (χ0v) is 18.3. The maximum absolute atomic E-state index is 13.2. The van der Waals surface area contributed by atoms with E-state index in [9.17, 15) is 13.2 Å². The van der Waals surface area contributed by atoms with Crippen molar-refractivity contribution in [2.45, 2.75) is 24.8 Å². The Hall–Kier alpha value is -2.71. The summed E-state index contributed by atoms with van der Waals surface area (Å²) < 4.78 is 28.8. The molecule has 152 valence electrons. The highest BCUT2D eigenvalue weighted by Crippen LogP contribution is 2.32. The summed E-state index contributed by atoms with van der Waals surface area (Å²) in [6, 6.07) is 13.7. The summed E-state index contributed by atoms with van der Waals surface area (Å²) in [6.07, 6.45) is 1.15. The molecular weight excluding hydrogens is 408 g/mol. The molecule has 3 rings (SSSR count). The number of hydrogen-bond acceptors (Lipinski definition) is 6. The first-order valence-electron chi connectivity index (χ1n) is 8.95. The van der Waals surface area contributed by atoms with Crippen molar-refractivity contribution in [3.8, 4) is 16.3 Å². The molecular formula is C21H22N2O4S2. The van der Waals surface area contributed by atoms with Gasteiger partial charge in [0.2, 0.25) is 0 Å². The molecule has 0 bridgehead atoms. The lowest BCUT2D eigenvalue weighted by Crippen LogP contribution is -2.37. The van der Waals surface area contributed by atoms with Gasteiger partial charge in [0.1, 0.15) is 16.5 Å². The Morgan fingerprint density at radius 2 is 1.76 bits per heavy atom. The molecule has 0 saturated carbocycles. The number of sulfone groups is 1. The standard InChI is InChI=1S/C21H22N2O4S2/c1-14(2)23(15-9-11-16(12-10-15)29(4,25)26)21(24)18-13-28-20(22-18)17-7-5-6-8-19(17)27-3/h5-14H,1-4H3. The second-order valence-electron chi connectivity index (χ2n) is 6.77. The predicted molar refractivity (Wildman–Crippen MR) is 116 cm³/mol. The van der Waals surface area contributed by atoms with Crippen molar-refractivity contribution in [2.24, 2.45) is 0 Å². The van der Waals surface area contributed by atoms with E-state index in [0.29, 0.717) is 22.1 Å². The van der Waals surface area contributed by atoms with Gasteiger partial charge in [-0.15, -0.1) is 11.3 Å². The van der Waals surface area contributed by atoms with Crippen molar-refractivity contribution < 1.29 is 17.9 Å². The maximum Gasteiger partial charge on any atom is 0.277 e. The van der Waals surface area contributed by atoms with E-state index < -0.39 is 9.84 Å². The lowest BCUT2D eigenvalue weighted by atomic mass is 10.2. The number of para-hydroxylation sites is 1. The van der Waals surface area contributed by atoms with E-state index in [-0.39, 0.29) is 16.8 Å². The average Bonchev–Trinajstić information content (AvgIpc) is 3.17. The highest BCUT2D eigenvalue weighted by atomic mass is 32.2. The first-order valence-corrected chi connectivity index (χ1v) is 11.7. The summed E-state index contributed by atoms with van der Waals surface area (Å²) in [5, 5.41) is 2.42. The summed E-state index contributed by atoms with van der Waals surface area (Å²) >= 11 is 1.37. The molecule has 1 amide bonds. The molecule has 0 aliphatic carbocycles. The molecule has 29 heavy (non-hydrogen) atoms. The summed E-state index contributed by atoms with van der Waals surface area (Å²) in [7, 11) is -1.70. The molecule has 0 saturated heterocycles.